The predicted molar refractivity (Wildman–Crippen MR) is 96.9 cm³/mol. The standard InChI is InChI=1S/C17H36N4O2/c1-10-18-14(21-16(4,5)6)19-11-13(12(2)3)20-15(22)23-17(7,8)9/h12-13H,10-11H2,1-9H3,(H,20,22)(H2,18,19,21). The van der Waals surface area contributed by atoms with Crippen LogP contribution in [0.25, 0.3) is 0 Å². The minimum absolute atomic E-state index is 0.0765. The maximum atomic E-state index is 12.0. The summed E-state index contributed by atoms with van der Waals surface area (Å²) in [6, 6.07) is -0.0831. The number of carbonyl (C=O) groups excluding carboxylic acids is 1. The Hall–Kier alpha value is -1.46. The van der Waals surface area contributed by atoms with Gasteiger partial charge in [0.1, 0.15) is 5.60 Å². The minimum atomic E-state index is -0.502. The second-order valence-electron chi connectivity index (χ2n) is 8.09. The van der Waals surface area contributed by atoms with Gasteiger partial charge in [-0.15, -0.1) is 0 Å². The van der Waals surface area contributed by atoms with E-state index < -0.39 is 11.7 Å². The molecule has 0 radical (unpaired) electrons. The number of carbonyl (C=O) groups is 1. The molecule has 0 aliphatic carbocycles. The van der Waals surface area contributed by atoms with E-state index in [0.717, 1.165) is 12.5 Å². The van der Waals surface area contributed by atoms with E-state index in [4.69, 9.17) is 4.74 Å². The topological polar surface area (TPSA) is 74.8 Å². The summed E-state index contributed by atoms with van der Waals surface area (Å²) in [4.78, 5) is 16.6. The van der Waals surface area contributed by atoms with E-state index in [1.54, 1.807) is 0 Å². The molecule has 0 aromatic heterocycles. The van der Waals surface area contributed by atoms with E-state index >= 15 is 0 Å². The van der Waals surface area contributed by atoms with Crippen molar-refractivity contribution < 1.29 is 9.53 Å². The van der Waals surface area contributed by atoms with Crippen molar-refractivity contribution in [1.82, 2.24) is 16.0 Å². The van der Waals surface area contributed by atoms with Gasteiger partial charge in [0.05, 0.1) is 12.6 Å². The first kappa shape index (κ1) is 21.5. The van der Waals surface area contributed by atoms with Gasteiger partial charge < -0.3 is 20.7 Å². The third-order valence-corrected chi connectivity index (χ3v) is 2.79. The Kier molecular flexibility index (Phi) is 8.42. The number of nitrogens with one attached hydrogen (secondary N) is 3. The van der Waals surface area contributed by atoms with Crippen molar-refractivity contribution in [3.05, 3.63) is 0 Å². The van der Waals surface area contributed by atoms with Crippen LogP contribution in [0, 0.1) is 5.92 Å². The van der Waals surface area contributed by atoms with Gasteiger partial charge in [0.2, 0.25) is 0 Å². The van der Waals surface area contributed by atoms with Crippen molar-refractivity contribution in [3.63, 3.8) is 0 Å². The largest absolute Gasteiger partial charge is 0.444 e. The number of guanidine groups is 1. The maximum Gasteiger partial charge on any atom is 0.407 e. The van der Waals surface area contributed by atoms with Crippen LogP contribution in [0.5, 0.6) is 0 Å². The molecule has 0 aliphatic heterocycles. The van der Waals surface area contributed by atoms with Gasteiger partial charge in [0.15, 0.2) is 5.96 Å². The number of rotatable bonds is 5. The van der Waals surface area contributed by atoms with E-state index in [-0.39, 0.29) is 17.5 Å². The molecule has 23 heavy (non-hydrogen) atoms. The summed E-state index contributed by atoms with van der Waals surface area (Å²) < 4.78 is 5.32. The highest BCUT2D eigenvalue weighted by molar-refractivity contribution is 5.80. The van der Waals surface area contributed by atoms with E-state index in [1.165, 1.54) is 0 Å². The molecular weight excluding hydrogens is 292 g/mol. The van der Waals surface area contributed by atoms with Gasteiger partial charge in [-0.05, 0) is 54.4 Å². The fourth-order valence-corrected chi connectivity index (χ4v) is 1.73. The van der Waals surface area contributed by atoms with Gasteiger partial charge in [-0.1, -0.05) is 13.8 Å². The quantitative estimate of drug-likeness (QED) is 0.536. The Morgan fingerprint density at radius 2 is 1.70 bits per heavy atom. The van der Waals surface area contributed by atoms with E-state index in [2.05, 4.69) is 55.6 Å². The number of hydrogen-bond donors (Lipinski definition) is 3. The SMILES string of the molecule is CCNC(=NCC(NC(=O)OC(C)(C)C)C(C)C)NC(C)(C)C. The van der Waals surface area contributed by atoms with Crippen molar-refractivity contribution in [3.8, 4) is 0 Å². The van der Waals surface area contributed by atoms with Gasteiger partial charge in [0, 0.05) is 12.1 Å². The van der Waals surface area contributed by atoms with Crippen LogP contribution in [-0.2, 0) is 4.74 Å². The highest BCUT2D eigenvalue weighted by atomic mass is 16.6. The monoisotopic (exact) mass is 328 g/mol. The molecule has 6 heteroatoms. The van der Waals surface area contributed by atoms with Crippen molar-refractivity contribution in [2.75, 3.05) is 13.1 Å². The van der Waals surface area contributed by atoms with Crippen LogP contribution < -0.4 is 16.0 Å². The summed E-state index contributed by atoms with van der Waals surface area (Å²) in [5.41, 5.74) is -0.579. The van der Waals surface area contributed by atoms with Crippen LogP contribution >= 0.6 is 0 Å². The highest BCUT2D eigenvalue weighted by Crippen LogP contribution is 2.09. The zero-order valence-electron chi connectivity index (χ0n) is 16.3. The van der Waals surface area contributed by atoms with Crippen molar-refractivity contribution in [1.29, 1.82) is 0 Å². The number of hydrogen-bond acceptors (Lipinski definition) is 3. The van der Waals surface area contributed by atoms with Gasteiger partial charge in [0.25, 0.3) is 0 Å². The number of alkyl carbamates (subject to hydrolysis) is 1. The maximum absolute atomic E-state index is 12.0. The molecular formula is C17H36N4O2. The molecule has 0 saturated carbocycles. The zero-order chi connectivity index (χ0) is 18.3. The molecule has 0 aliphatic rings. The first-order valence-corrected chi connectivity index (χ1v) is 8.40. The molecule has 6 nitrogen and oxygen atoms in total. The third kappa shape index (κ3) is 11.7. The fourth-order valence-electron chi connectivity index (χ4n) is 1.73. The van der Waals surface area contributed by atoms with Crippen molar-refractivity contribution in [2.24, 2.45) is 10.9 Å². The summed E-state index contributed by atoms with van der Waals surface area (Å²) in [6.45, 7) is 19.2. The van der Waals surface area contributed by atoms with E-state index in [9.17, 15) is 4.79 Å². The Labute approximate surface area is 141 Å². The molecule has 0 bridgehead atoms. The Morgan fingerprint density at radius 1 is 1.13 bits per heavy atom. The van der Waals surface area contributed by atoms with Crippen LogP contribution in [0.2, 0.25) is 0 Å². The number of aliphatic imine (C=N–C) groups is 1. The number of amides is 1. The number of nitrogens with zero attached hydrogens (tertiary/aromatic N) is 1. The molecule has 3 N–H and O–H groups in total. The van der Waals surface area contributed by atoms with E-state index in [0.29, 0.717) is 6.54 Å². The lowest BCUT2D eigenvalue weighted by Crippen LogP contribution is -2.49. The molecule has 1 atom stereocenters. The second-order valence-corrected chi connectivity index (χ2v) is 8.09. The molecule has 0 aromatic carbocycles. The molecule has 0 heterocycles. The first-order chi connectivity index (χ1) is 10.3. The van der Waals surface area contributed by atoms with E-state index in [1.807, 2.05) is 27.7 Å². The molecule has 0 spiro atoms. The molecule has 0 rings (SSSR count). The summed E-state index contributed by atoms with van der Waals surface area (Å²) in [5.74, 6) is 1.00. The summed E-state index contributed by atoms with van der Waals surface area (Å²) in [6.07, 6.45) is -0.403. The average molecular weight is 329 g/mol. The fraction of sp³-hybridized carbons (Fsp3) is 0.882. The lowest BCUT2D eigenvalue weighted by atomic mass is 10.1. The lowest BCUT2D eigenvalue weighted by Gasteiger charge is -2.26. The van der Waals surface area contributed by atoms with Gasteiger partial charge >= 0.3 is 6.09 Å². The Bertz CT molecular complexity index is 392. The van der Waals surface area contributed by atoms with Crippen molar-refractivity contribution in [2.45, 2.75) is 79.5 Å². The van der Waals surface area contributed by atoms with Gasteiger partial charge in [-0.3, -0.25) is 4.99 Å². The van der Waals surface area contributed by atoms with Crippen LogP contribution in [0.4, 0.5) is 4.79 Å². The molecule has 1 amide bonds. The molecule has 0 saturated heterocycles. The lowest BCUT2D eigenvalue weighted by molar-refractivity contribution is 0.0493. The Balaban J connectivity index is 4.84. The highest BCUT2D eigenvalue weighted by Gasteiger charge is 2.21. The molecule has 136 valence electrons. The van der Waals surface area contributed by atoms with Gasteiger partial charge in [-0.25, -0.2) is 4.79 Å². The predicted octanol–water partition coefficient (Wildman–Crippen LogP) is 2.89. The summed E-state index contributed by atoms with van der Waals surface area (Å²) in [7, 11) is 0. The normalized spacial score (nSPS) is 14.4. The summed E-state index contributed by atoms with van der Waals surface area (Å²) >= 11 is 0. The Morgan fingerprint density at radius 3 is 2.09 bits per heavy atom. The average Bonchev–Trinajstić information content (AvgIpc) is 2.29. The minimum Gasteiger partial charge on any atom is -0.444 e. The molecule has 1 unspecified atom stereocenters. The first-order valence-electron chi connectivity index (χ1n) is 8.40. The van der Waals surface area contributed by atoms with Crippen LogP contribution in [0.3, 0.4) is 0 Å². The van der Waals surface area contributed by atoms with Crippen LogP contribution in [0.1, 0.15) is 62.3 Å². The van der Waals surface area contributed by atoms with Gasteiger partial charge in [-0.2, -0.15) is 0 Å². The number of ether oxygens (including phenoxy) is 1. The smallest absolute Gasteiger partial charge is 0.407 e. The summed E-state index contributed by atoms with van der Waals surface area (Å²) in [5, 5.41) is 9.47. The van der Waals surface area contributed by atoms with Crippen LogP contribution in [0.15, 0.2) is 4.99 Å². The third-order valence-electron chi connectivity index (χ3n) is 2.79. The zero-order valence-corrected chi connectivity index (χ0v) is 16.3. The molecule has 0 aromatic rings. The van der Waals surface area contributed by atoms with Crippen molar-refractivity contribution >= 4 is 12.1 Å². The second kappa shape index (κ2) is 8.99. The molecule has 0 fully saturated rings. The van der Waals surface area contributed by atoms with Crippen LogP contribution in [-0.4, -0.2) is 42.3 Å².